The molecule has 1 aromatic rings. The number of nitrogens with one attached hydrogen (secondary N) is 1. The first-order valence-electron chi connectivity index (χ1n) is 8.45. The van der Waals surface area contributed by atoms with Gasteiger partial charge in [-0.1, -0.05) is 27.2 Å². The van der Waals surface area contributed by atoms with Crippen LogP contribution in [-0.4, -0.2) is 21.6 Å². The van der Waals surface area contributed by atoms with Gasteiger partial charge in [-0.05, 0) is 61.3 Å². The van der Waals surface area contributed by atoms with Gasteiger partial charge in [-0.3, -0.25) is 0 Å². The molecular formula is C18H29NO3S. The average molecular weight is 340 g/mol. The van der Waals surface area contributed by atoms with Crippen molar-refractivity contribution in [3.8, 4) is 5.75 Å². The van der Waals surface area contributed by atoms with E-state index in [0.717, 1.165) is 25.7 Å². The average Bonchev–Trinajstić information content (AvgIpc) is 2.55. The van der Waals surface area contributed by atoms with E-state index in [1.54, 1.807) is 31.4 Å². The van der Waals surface area contributed by atoms with Crippen molar-refractivity contribution in [3.05, 3.63) is 24.3 Å². The summed E-state index contributed by atoms with van der Waals surface area (Å²) in [4.78, 5) is 0.300. The maximum atomic E-state index is 12.5. The lowest BCUT2D eigenvalue weighted by Gasteiger charge is -2.39. The fraction of sp³-hybridized carbons (Fsp3) is 0.667. The van der Waals surface area contributed by atoms with Crippen LogP contribution in [0.4, 0.5) is 0 Å². The molecule has 0 unspecified atom stereocenters. The molecule has 0 amide bonds. The van der Waals surface area contributed by atoms with E-state index in [9.17, 15) is 8.42 Å². The molecule has 0 bridgehead atoms. The minimum atomic E-state index is -3.45. The van der Waals surface area contributed by atoms with Gasteiger partial charge in [0.15, 0.2) is 0 Å². The predicted octanol–water partition coefficient (Wildman–Crippen LogP) is 3.97. The van der Waals surface area contributed by atoms with Crippen LogP contribution in [0.5, 0.6) is 5.75 Å². The summed E-state index contributed by atoms with van der Waals surface area (Å²) < 4.78 is 32.9. The van der Waals surface area contributed by atoms with Gasteiger partial charge in [-0.25, -0.2) is 13.1 Å². The Labute approximate surface area is 140 Å². The first-order chi connectivity index (χ1) is 10.8. The van der Waals surface area contributed by atoms with Crippen molar-refractivity contribution in [3.63, 3.8) is 0 Å². The lowest BCUT2D eigenvalue weighted by molar-refractivity contribution is 0.142. The van der Waals surface area contributed by atoms with Crippen molar-refractivity contribution in [2.45, 2.75) is 63.8 Å². The number of methoxy groups -OCH3 is 1. The highest BCUT2D eigenvalue weighted by Crippen LogP contribution is 2.40. The quantitative estimate of drug-likeness (QED) is 0.853. The van der Waals surface area contributed by atoms with Crippen LogP contribution in [0.15, 0.2) is 29.2 Å². The minimum Gasteiger partial charge on any atom is -0.497 e. The summed E-state index contributed by atoms with van der Waals surface area (Å²) in [6.45, 7) is 6.87. The van der Waals surface area contributed by atoms with Crippen LogP contribution in [-0.2, 0) is 10.0 Å². The molecule has 0 saturated heterocycles. The minimum absolute atomic E-state index is 0.0472. The van der Waals surface area contributed by atoms with E-state index in [1.165, 1.54) is 6.42 Å². The molecule has 1 aromatic carbocycles. The Kier molecular flexibility index (Phi) is 5.74. The first kappa shape index (κ1) is 18.3. The van der Waals surface area contributed by atoms with Gasteiger partial charge in [0, 0.05) is 6.04 Å². The Morgan fingerprint density at radius 1 is 1.13 bits per heavy atom. The molecule has 0 atom stereocenters. The number of hydrogen-bond donors (Lipinski definition) is 1. The molecule has 1 fully saturated rings. The topological polar surface area (TPSA) is 55.4 Å². The fourth-order valence-electron chi connectivity index (χ4n) is 3.32. The third kappa shape index (κ3) is 4.48. The Morgan fingerprint density at radius 3 is 2.17 bits per heavy atom. The fourth-order valence-corrected chi connectivity index (χ4v) is 4.63. The Bertz CT molecular complexity index is 600. The molecule has 5 heteroatoms. The van der Waals surface area contributed by atoms with Gasteiger partial charge < -0.3 is 4.74 Å². The van der Waals surface area contributed by atoms with Crippen molar-refractivity contribution in [2.24, 2.45) is 11.3 Å². The smallest absolute Gasteiger partial charge is 0.240 e. The second-order valence-electron chi connectivity index (χ2n) is 7.19. The summed E-state index contributed by atoms with van der Waals surface area (Å²) in [6.07, 6.45) is 5.19. The normalized spacial score (nSPS) is 22.8. The van der Waals surface area contributed by atoms with E-state index >= 15 is 0 Å². The van der Waals surface area contributed by atoms with Gasteiger partial charge in [0.2, 0.25) is 10.0 Å². The largest absolute Gasteiger partial charge is 0.497 e. The summed E-state index contributed by atoms with van der Waals surface area (Å²) in [6, 6.07) is 6.58. The SMILES string of the molecule is CCC(C)(C)C1CCC(NS(=O)(=O)c2ccc(OC)cc2)CC1. The number of rotatable bonds is 6. The highest BCUT2D eigenvalue weighted by atomic mass is 32.2. The molecule has 0 spiro atoms. The van der Waals surface area contributed by atoms with Gasteiger partial charge in [0.25, 0.3) is 0 Å². The molecule has 1 aliphatic carbocycles. The highest BCUT2D eigenvalue weighted by molar-refractivity contribution is 7.89. The molecule has 130 valence electrons. The van der Waals surface area contributed by atoms with Crippen LogP contribution >= 0.6 is 0 Å². The van der Waals surface area contributed by atoms with Crippen LogP contribution in [0.25, 0.3) is 0 Å². The van der Waals surface area contributed by atoms with Crippen molar-refractivity contribution >= 4 is 10.0 Å². The van der Waals surface area contributed by atoms with Crippen LogP contribution in [0.2, 0.25) is 0 Å². The lowest BCUT2D eigenvalue weighted by Crippen LogP contribution is -2.39. The van der Waals surface area contributed by atoms with E-state index in [0.29, 0.717) is 22.0 Å². The molecule has 0 radical (unpaired) electrons. The summed E-state index contributed by atoms with van der Waals surface area (Å²) >= 11 is 0. The first-order valence-corrected chi connectivity index (χ1v) is 9.93. The Hall–Kier alpha value is -1.07. The summed E-state index contributed by atoms with van der Waals surface area (Å²) in [5, 5.41) is 0. The zero-order valence-electron chi connectivity index (χ0n) is 14.6. The zero-order valence-corrected chi connectivity index (χ0v) is 15.4. The van der Waals surface area contributed by atoms with Gasteiger partial charge in [-0.2, -0.15) is 0 Å². The summed E-state index contributed by atoms with van der Waals surface area (Å²) in [5.74, 6) is 1.35. The van der Waals surface area contributed by atoms with E-state index in [1.807, 2.05) is 0 Å². The van der Waals surface area contributed by atoms with E-state index in [-0.39, 0.29) is 6.04 Å². The molecule has 23 heavy (non-hydrogen) atoms. The molecule has 2 rings (SSSR count). The van der Waals surface area contributed by atoms with E-state index in [2.05, 4.69) is 25.5 Å². The number of benzene rings is 1. The molecule has 0 aromatic heterocycles. The molecule has 1 saturated carbocycles. The molecule has 0 heterocycles. The third-order valence-corrected chi connectivity index (χ3v) is 6.97. The Morgan fingerprint density at radius 2 is 1.70 bits per heavy atom. The highest BCUT2D eigenvalue weighted by Gasteiger charge is 2.33. The van der Waals surface area contributed by atoms with Gasteiger partial charge in [0.1, 0.15) is 5.75 Å². The van der Waals surface area contributed by atoms with Crippen molar-refractivity contribution in [1.29, 1.82) is 0 Å². The monoisotopic (exact) mass is 339 g/mol. The molecule has 1 N–H and O–H groups in total. The lowest BCUT2D eigenvalue weighted by atomic mass is 9.69. The van der Waals surface area contributed by atoms with Crippen molar-refractivity contribution in [2.75, 3.05) is 7.11 Å². The van der Waals surface area contributed by atoms with Crippen LogP contribution in [0, 0.1) is 11.3 Å². The van der Waals surface area contributed by atoms with Gasteiger partial charge in [-0.15, -0.1) is 0 Å². The van der Waals surface area contributed by atoms with Gasteiger partial charge >= 0.3 is 0 Å². The van der Waals surface area contributed by atoms with Crippen molar-refractivity contribution < 1.29 is 13.2 Å². The third-order valence-electron chi connectivity index (χ3n) is 5.44. The summed E-state index contributed by atoms with van der Waals surface area (Å²) in [5.41, 5.74) is 0.347. The Balaban J connectivity index is 1.97. The molecule has 1 aliphatic rings. The zero-order chi connectivity index (χ0) is 17.1. The van der Waals surface area contributed by atoms with E-state index < -0.39 is 10.0 Å². The standard InChI is InChI=1S/C18H29NO3S/c1-5-18(2,3)14-6-8-15(9-7-14)19-23(20,21)17-12-10-16(22-4)11-13-17/h10-15,19H,5-9H2,1-4H3. The second kappa shape index (κ2) is 7.22. The van der Waals surface area contributed by atoms with Crippen LogP contribution in [0.1, 0.15) is 52.9 Å². The number of ether oxygens (including phenoxy) is 1. The molecular weight excluding hydrogens is 310 g/mol. The van der Waals surface area contributed by atoms with Crippen LogP contribution < -0.4 is 9.46 Å². The molecule has 4 nitrogen and oxygen atoms in total. The summed E-state index contributed by atoms with van der Waals surface area (Å²) in [7, 11) is -1.88. The maximum absolute atomic E-state index is 12.5. The number of sulfonamides is 1. The van der Waals surface area contributed by atoms with Crippen molar-refractivity contribution in [1.82, 2.24) is 4.72 Å². The van der Waals surface area contributed by atoms with E-state index in [4.69, 9.17) is 4.74 Å². The predicted molar refractivity (Wildman–Crippen MR) is 93.1 cm³/mol. The second-order valence-corrected chi connectivity index (χ2v) is 8.90. The van der Waals surface area contributed by atoms with Gasteiger partial charge in [0.05, 0.1) is 12.0 Å². The van der Waals surface area contributed by atoms with Crippen LogP contribution in [0.3, 0.4) is 0 Å². The molecule has 0 aliphatic heterocycles. The maximum Gasteiger partial charge on any atom is 0.240 e. The number of hydrogen-bond acceptors (Lipinski definition) is 3.